The predicted octanol–water partition coefficient (Wildman–Crippen LogP) is 2.13. The molecule has 0 aliphatic rings. The van der Waals surface area contributed by atoms with Crippen molar-refractivity contribution in [1.82, 2.24) is 15.2 Å². The number of likely N-dealkylation sites (N-methyl/N-ethyl adjacent to an activating group) is 1. The van der Waals surface area contributed by atoms with Gasteiger partial charge in [-0.2, -0.15) is 0 Å². The first-order chi connectivity index (χ1) is 11.1. The first kappa shape index (κ1) is 16.8. The van der Waals surface area contributed by atoms with Crippen LogP contribution in [0.1, 0.15) is 10.4 Å². The molecule has 0 fully saturated rings. The Labute approximate surface area is 136 Å². The van der Waals surface area contributed by atoms with Gasteiger partial charge in [0.15, 0.2) is 0 Å². The van der Waals surface area contributed by atoms with Crippen LogP contribution in [0.15, 0.2) is 42.6 Å². The summed E-state index contributed by atoms with van der Waals surface area (Å²) in [5.74, 6) is 1.36. The van der Waals surface area contributed by atoms with Crippen molar-refractivity contribution < 1.29 is 9.53 Å². The minimum atomic E-state index is -0.115. The van der Waals surface area contributed by atoms with Gasteiger partial charge in [-0.3, -0.25) is 4.79 Å². The number of carbonyl (C=O) groups excluding carboxylic acids is 1. The van der Waals surface area contributed by atoms with Gasteiger partial charge in [-0.15, -0.1) is 0 Å². The number of pyridine rings is 1. The molecule has 0 aliphatic heterocycles. The number of aromatic nitrogens is 1. The number of ether oxygens (including phenoxy) is 1. The third kappa shape index (κ3) is 5.27. The third-order valence-electron chi connectivity index (χ3n) is 3.23. The Morgan fingerprint density at radius 3 is 2.48 bits per heavy atom. The zero-order valence-corrected chi connectivity index (χ0v) is 13.7. The summed E-state index contributed by atoms with van der Waals surface area (Å²) < 4.78 is 5.12. The summed E-state index contributed by atoms with van der Waals surface area (Å²) in [5, 5.41) is 6.03. The van der Waals surface area contributed by atoms with Gasteiger partial charge in [0.2, 0.25) is 0 Å². The Balaban J connectivity index is 1.91. The van der Waals surface area contributed by atoms with Gasteiger partial charge >= 0.3 is 0 Å². The number of benzene rings is 1. The molecule has 2 N–H and O–H groups in total. The van der Waals surface area contributed by atoms with Crippen LogP contribution in [0.25, 0.3) is 0 Å². The maximum atomic E-state index is 12.0. The fourth-order valence-electron chi connectivity index (χ4n) is 1.92. The van der Waals surface area contributed by atoms with E-state index in [0.717, 1.165) is 18.0 Å². The minimum absolute atomic E-state index is 0.115. The number of anilines is 2. The quantitative estimate of drug-likeness (QED) is 0.819. The fraction of sp³-hybridized carbons (Fsp3) is 0.294. The van der Waals surface area contributed by atoms with Gasteiger partial charge in [0.05, 0.1) is 12.7 Å². The summed E-state index contributed by atoms with van der Waals surface area (Å²) in [6.45, 7) is 1.41. The minimum Gasteiger partial charge on any atom is -0.497 e. The number of hydrogen-bond acceptors (Lipinski definition) is 5. The van der Waals surface area contributed by atoms with Crippen molar-refractivity contribution in [3.8, 4) is 5.75 Å². The van der Waals surface area contributed by atoms with E-state index in [9.17, 15) is 4.79 Å². The first-order valence-corrected chi connectivity index (χ1v) is 7.38. The van der Waals surface area contributed by atoms with E-state index in [1.54, 1.807) is 25.4 Å². The highest BCUT2D eigenvalue weighted by Gasteiger charge is 2.06. The van der Waals surface area contributed by atoms with Crippen molar-refractivity contribution in [3.05, 3.63) is 48.2 Å². The second-order valence-corrected chi connectivity index (χ2v) is 5.34. The zero-order valence-electron chi connectivity index (χ0n) is 13.7. The van der Waals surface area contributed by atoms with Crippen LogP contribution in [0, 0.1) is 0 Å². The molecule has 2 rings (SSSR count). The molecule has 6 nitrogen and oxygen atoms in total. The molecule has 6 heteroatoms. The molecule has 2 aromatic rings. The van der Waals surface area contributed by atoms with Gasteiger partial charge in [-0.05, 0) is 50.5 Å². The van der Waals surface area contributed by atoms with Gasteiger partial charge in [0, 0.05) is 25.0 Å². The molecular formula is C17H22N4O2. The van der Waals surface area contributed by atoms with Crippen molar-refractivity contribution in [2.24, 2.45) is 0 Å². The summed E-state index contributed by atoms with van der Waals surface area (Å²) in [6.07, 6.45) is 1.57. The largest absolute Gasteiger partial charge is 0.497 e. The molecule has 0 saturated heterocycles. The molecule has 0 bridgehead atoms. The van der Waals surface area contributed by atoms with Crippen LogP contribution in [0.3, 0.4) is 0 Å². The molecule has 0 unspecified atom stereocenters. The summed E-state index contributed by atoms with van der Waals surface area (Å²) in [6, 6.07) is 11.1. The number of carbonyl (C=O) groups is 1. The first-order valence-electron chi connectivity index (χ1n) is 7.38. The number of rotatable bonds is 7. The van der Waals surface area contributed by atoms with Gasteiger partial charge < -0.3 is 20.3 Å². The lowest BCUT2D eigenvalue weighted by Crippen LogP contribution is -2.31. The fourth-order valence-corrected chi connectivity index (χ4v) is 1.92. The molecule has 1 aromatic carbocycles. The van der Waals surface area contributed by atoms with Crippen molar-refractivity contribution in [3.63, 3.8) is 0 Å². The molecular weight excluding hydrogens is 292 g/mol. The van der Waals surface area contributed by atoms with Crippen LogP contribution in [0.2, 0.25) is 0 Å². The van der Waals surface area contributed by atoms with E-state index in [0.29, 0.717) is 17.9 Å². The highest BCUT2D eigenvalue weighted by atomic mass is 16.5. The Hall–Kier alpha value is -2.60. The van der Waals surface area contributed by atoms with Crippen LogP contribution >= 0.6 is 0 Å². The monoisotopic (exact) mass is 314 g/mol. The maximum Gasteiger partial charge on any atom is 0.252 e. The molecule has 0 aliphatic carbocycles. The maximum absolute atomic E-state index is 12.0. The topological polar surface area (TPSA) is 66.5 Å². The Bertz CT molecular complexity index is 624. The summed E-state index contributed by atoms with van der Waals surface area (Å²) in [5.41, 5.74) is 1.45. The Morgan fingerprint density at radius 1 is 1.17 bits per heavy atom. The molecule has 1 amide bonds. The molecule has 23 heavy (non-hydrogen) atoms. The van der Waals surface area contributed by atoms with Crippen LogP contribution in [0.5, 0.6) is 5.75 Å². The Kier molecular flexibility index (Phi) is 5.94. The molecule has 0 spiro atoms. The lowest BCUT2D eigenvalue weighted by molar-refractivity contribution is 0.0950. The van der Waals surface area contributed by atoms with Crippen molar-refractivity contribution in [2.75, 3.05) is 39.6 Å². The zero-order chi connectivity index (χ0) is 16.7. The van der Waals surface area contributed by atoms with E-state index in [-0.39, 0.29) is 5.91 Å². The van der Waals surface area contributed by atoms with Crippen molar-refractivity contribution in [1.29, 1.82) is 0 Å². The molecule has 122 valence electrons. The molecule has 0 saturated carbocycles. The lowest BCUT2D eigenvalue weighted by atomic mass is 10.2. The van der Waals surface area contributed by atoms with E-state index in [1.165, 1.54) is 0 Å². The average Bonchev–Trinajstić information content (AvgIpc) is 2.56. The van der Waals surface area contributed by atoms with Gasteiger partial charge in [-0.25, -0.2) is 4.98 Å². The molecule has 1 aromatic heterocycles. The van der Waals surface area contributed by atoms with Gasteiger partial charge in [0.1, 0.15) is 11.6 Å². The number of methoxy groups -OCH3 is 1. The summed E-state index contributed by atoms with van der Waals surface area (Å²) in [4.78, 5) is 18.2. The predicted molar refractivity (Wildman–Crippen MR) is 91.4 cm³/mol. The van der Waals surface area contributed by atoms with Gasteiger partial charge in [-0.1, -0.05) is 0 Å². The lowest BCUT2D eigenvalue weighted by Gasteiger charge is -2.10. The number of hydrogen-bond donors (Lipinski definition) is 2. The van der Waals surface area contributed by atoms with Crippen LogP contribution in [-0.4, -0.2) is 50.1 Å². The van der Waals surface area contributed by atoms with E-state index < -0.39 is 0 Å². The second-order valence-electron chi connectivity index (χ2n) is 5.34. The third-order valence-corrected chi connectivity index (χ3v) is 3.23. The Morgan fingerprint density at radius 2 is 1.91 bits per heavy atom. The van der Waals surface area contributed by atoms with E-state index in [2.05, 4.69) is 15.6 Å². The van der Waals surface area contributed by atoms with Crippen LogP contribution in [-0.2, 0) is 0 Å². The molecule has 0 atom stereocenters. The van der Waals surface area contributed by atoms with Crippen LogP contribution < -0.4 is 15.4 Å². The highest BCUT2D eigenvalue weighted by Crippen LogP contribution is 2.18. The highest BCUT2D eigenvalue weighted by molar-refractivity contribution is 5.94. The van der Waals surface area contributed by atoms with E-state index >= 15 is 0 Å². The average molecular weight is 314 g/mol. The van der Waals surface area contributed by atoms with Crippen LogP contribution in [0.4, 0.5) is 11.5 Å². The number of nitrogens with zero attached hydrogens (tertiary/aromatic N) is 2. The van der Waals surface area contributed by atoms with Crippen molar-refractivity contribution >= 4 is 17.4 Å². The molecule has 1 heterocycles. The summed E-state index contributed by atoms with van der Waals surface area (Å²) >= 11 is 0. The van der Waals surface area contributed by atoms with E-state index in [4.69, 9.17) is 4.74 Å². The SMILES string of the molecule is COc1ccc(Nc2ccc(C(=O)NCCN(C)C)cn2)cc1. The normalized spacial score (nSPS) is 10.4. The number of amides is 1. The number of nitrogens with one attached hydrogen (secondary N) is 2. The van der Waals surface area contributed by atoms with Crippen molar-refractivity contribution in [2.45, 2.75) is 0 Å². The molecule has 0 radical (unpaired) electrons. The van der Waals surface area contributed by atoms with Gasteiger partial charge in [0.25, 0.3) is 5.91 Å². The second kappa shape index (κ2) is 8.14. The van der Waals surface area contributed by atoms with E-state index in [1.807, 2.05) is 43.3 Å². The smallest absolute Gasteiger partial charge is 0.252 e. The summed E-state index contributed by atoms with van der Waals surface area (Å²) in [7, 11) is 5.56. The standard InChI is InChI=1S/C17H22N4O2/c1-21(2)11-10-18-17(22)13-4-9-16(19-12-13)20-14-5-7-15(23-3)8-6-14/h4-9,12H,10-11H2,1-3H3,(H,18,22)(H,19,20).